The van der Waals surface area contributed by atoms with Gasteiger partial charge in [-0.2, -0.15) is 0 Å². The lowest BCUT2D eigenvalue weighted by molar-refractivity contribution is -0.143. The van der Waals surface area contributed by atoms with Crippen LogP contribution in [0.4, 0.5) is 0 Å². The van der Waals surface area contributed by atoms with E-state index < -0.39 is 5.41 Å². The first-order valence-electron chi connectivity index (χ1n) is 7.90. The minimum absolute atomic E-state index is 0.0362. The Balaban J connectivity index is 1.60. The molecule has 2 amide bonds. The van der Waals surface area contributed by atoms with E-state index in [9.17, 15) is 9.59 Å². The third-order valence-electron chi connectivity index (χ3n) is 4.71. The standard InChI is InChI=1S/C17H18N4O2/c22-15(14-11-18-12-19-14)20-9-4-10-21(20)16(23)17(7-8-17)13-5-2-1-3-6-13/h1-3,5-6,11-12H,4,7-10H2,(H,18,19). The molecule has 1 aliphatic heterocycles. The highest BCUT2D eigenvalue weighted by atomic mass is 16.2. The molecule has 2 aromatic rings. The molecule has 1 aromatic heterocycles. The van der Waals surface area contributed by atoms with Crippen molar-refractivity contribution in [3.05, 3.63) is 54.1 Å². The minimum Gasteiger partial charge on any atom is -0.341 e. The van der Waals surface area contributed by atoms with Crippen LogP contribution in [0.15, 0.2) is 42.9 Å². The Morgan fingerprint density at radius 3 is 2.48 bits per heavy atom. The summed E-state index contributed by atoms with van der Waals surface area (Å²) in [6.07, 6.45) is 5.46. The molecule has 1 N–H and O–H groups in total. The number of imidazole rings is 1. The van der Waals surface area contributed by atoms with Crippen LogP contribution in [0.2, 0.25) is 0 Å². The van der Waals surface area contributed by atoms with Crippen LogP contribution < -0.4 is 0 Å². The maximum atomic E-state index is 13.1. The fraction of sp³-hybridized carbons (Fsp3) is 0.353. The first kappa shape index (κ1) is 14.0. The van der Waals surface area contributed by atoms with Gasteiger partial charge in [0.2, 0.25) is 0 Å². The van der Waals surface area contributed by atoms with Crippen LogP contribution in [-0.4, -0.2) is 44.9 Å². The monoisotopic (exact) mass is 310 g/mol. The Kier molecular flexibility index (Phi) is 3.18. The Morgan fingerprint density at radius 1 is 1.09 bits per heavy atom. The van der Waals surface area contributed by atoms with Crippen molar-refractivity contribution < 1.29 is 9.59 Å². The molecule has 4 rings (SSSR count). The Labute approximate surface area is 134 Å². The number of nitrogens with one attached hydrogen (secondary N) is 1. The maximum absolute atomic E-state index is 13.1. The molecule has 2 heterocycles. The van der Waals surface area contributed by atoms with E-state index >= 15 is 0 Å². The Hall–Kier alpha value is -2.63. The molecule has 0 bridgehead atoms. The zero-order valence-corrected chi connectivity index (χ0v) is 12.7. The van der Waals surface area contributed by atoms with Gasteiger partial charge in [-0.05, 0) is 24.8 Å². The van der Waals surface area contributed by atoms with Gasteiger partial charge >= 0.3 is 0 Å². The van der Waals surface area contributed by atoms with Gasteiger partial charge < -0.3 is 4.98 Å². The van der Waals surface area contributed by atoms with E-state index in [4.69, 9.17) is 0 Å². The predicted octanol–water partition coefficient (Wildman–Crippen LogP) is 1.73. The van der Waals surface area contributed by atoms with Gasteiger partial charge in [-0.25, -0.2) is 9.99 Å². The molecule has 2 aliphatic rings. The van der Waals surface area contributed by atoms with E-state index in [0.717, 1.165) is 24.8 Å². The van der Waals surface area contributed by atoms with Crippen LogP contribution in [0.25, 0.3) is 0 Å². The third kappa shape index (κ3) is 2.21. The summed E-state index contributed by atoms with van der Waals surface area (Å²) in [4.78, 5) is 32.4. The molecular weight excluding hydrogens is 292 g/mol. The number of carbonyl (C=O) groups is 2. The van der Waals surface area contributed by atoms with Gasteiger partial charge in [0, 0.05) is 13.1 Å². The number of hydrazine groups is 1. The van der Waals surface area contributed by atoms with E-state index in [-0.39, 0.29) is 11.8 Å². The summed E-state index contributed by atoms with van der Waals surface area (Å²) in [5.74, 6) is -0.161. The zero-order valence-electron chi connectivity index (χ0n) is 12.7. The van der Waals surface area contributed by atoms with Gasteiger partial charge in [0.05, 0.1) is 17.9 Å². The lowest BCUT2D eigenvalue weighted by Gasteiger charge is -2.31. The second-order valence-corrected chi connectivity index (χ2v) is 6.12. The van der Waals surface area contributed by atoms with Crippen molar-refractivity contribution in [2.75, 3.05) is 13.1 Å². The fourth-order valence-electron chi connectivity index (χ4n) is 3.30. The highest BCUT2D eigenvalue weighted by Crippen LogP contribution is 2.50. The molecule has 0 atom stereocenters. The molecule has 0 unspecified atom stereocenters. The van der Waals surface area contributed by atoms with Crippen LogP contribution in [-0.2, 0) is 10.2 Å². The van der Waals surface area contributed by atoms with Gasteiger partial charge in [-0.1, -0.05) is 30.3 Å². The number of benzene rings is 1. The van der Waals surface area contributed by atoms with Crippen molar-refractivity contribution in [3.63, 3.8) is 0 Å². The molecule has 2 fully saturated rings. The molecule has 118 valence electrons. The quantitative estimate of drug-likeness (QED) is 0.938. The summed E-state index contributed by atoms with van der Waals surface area (Å²) in [5, 5.41) is 3.18. The predicted molar refractivity (Wildman–Crippen MR) is 83.3 cm³/mol. The smallest absolute Gasteiger partial charge is 0.290 e. The normalized spacial score (nSPS) is 19.0. The number of rotatable bonds is 3. The number of hydrogen-bond donors (Lipinski definition) is 1. The summed E-state index contributed by atoms with van der Waals surface area (Å²) in [6.45, 7) is 1.15. The number of H-pyrrole nitrogens is 1. The summed E-state index contributed by atoms with van der Waals surface area (Å²) < 4.78 is 0. The van der Waals surface area contributed by atoms with Gasteiger partial charge in [-0.3, -0.25) is 14.6 Å². The lowest BCUT2D eigenvalue weighted by Crippen LogP contribution is -2.49. The average molecular weight is 310 g/mol. The minimum atomic E-state index is -0.446. The molecule has 23 heavy (non-hydrogen) atoms. The zero-order chi connectivity index (χ0) is 15.9. The number of carbonyl (C=O) groups excluding carboxylic acids is 2. The van der Waals surface area contributed by atoms with Crippen LogP contribution in [0.5, 0.6) is 0 Å². The van der Waals surface area contributed by atoms with Gasteiger partial charge in [0.15, 0.2) is 0 Å². The van der Waals surface area contributed by atoms with E-state index in [1.54, 1.807) is 10.0 Å². The van der Waals surface area contributed by atoms with Crippen molar-refractivity contribution in [2.24, 2.45) is 0 Å². The second-order valence-electron chi connectivity index (χ2n) is 6.12. The molecule has 6 nitrogen and oxygen atoms in total. The Bertz CT molecular complexity index is 722. The topological polar surface area (TPSA) is 69.3 Å². The molecule has 1 saturated carbocycles. The van der Waals surface area contributed by atoms with Crippen molar-refractivity contribution in [2.45, 2.75) is 24.7 Å². The SMILES string of the molecule is O=C(c1cnc[nH]1)N1CCCN1C(=O)C1(c2ccccc2)CC1. The molecule has 0 radical (unpaired) electrons. The van der Waals surface area contributed by atoms with Crippen molar-refractivity contribution >= 4 is 11.8 Å². The van der Waals surface area contributed by atoms with Crippen molar-refractivity contribution in [1.82, 2.24) is 20.0 Å². The van der Waals surface area contributed by atoms with Gasteiger partial charge in [0.1, 0.15) is 5.69 Å². The fourth-order valence-corrected chi connectivity index (χ4v) is 3.30. The number of nitrogens with zero attached hydrogens (tertiary/aromatic N) is 3. The highest BCUT2D eigenvalue weighted by Gasteiger charge is 2.54. The van der Waals surface area contributed by atoms with Gasteiger partial charge in [-0.15, -0.1) is 0 Å². The van der Waals surface area contributed by atoms with Crippen LogP contribution in [0.1, 0.15) is 35.3 Å². The van der Waals surface area contributed by atoms with Crippen LogP contribution in [0, 0.1) is 0 Å². The highest BCUT2D eigenvalue weighted by molar-refractivity contribution is 5.97. The lowest BCUT2D eigenvalue weighted by atomic mass is 9.95. The van der Waals surface area contributed by atoms with E-state index in [1.165, 1.54) is 12.5 Å². The van der Waals surface area contributed by atoms with Crippen LogP contribution in [0.3, 0.4) is 0 Å². The maximum Gasteiger partial charge on any atom is 0.290 e. The average Bonchev–Trinajstić information content (AvgIpc) is 3.03. The first-order valence-corrected chi connectivity index (χ1v) is 7.90. The van der Waals surface area contributed by atoms with E-state index in [1.807, 2.05) is 30.3 Å². The Morgan fingerprint density at radius 2 is 1.83 bits per heavy atom. The molecular formula is C17H18N4O2. The van der Waals surface area contributed by atoms with E-state index in [2.05, 4.69) is 9.97 Å². The van der Waals surface area contributed by atoms with Crippen LogP contribution >= 0.6 is 0 Å². The van der Waals surface area contributed by atoms with Crippen molar-refractivity contribution in [1.29, 1.82) is 0 Å². The molecule has 6 heteroatoms. The number of amides is 2. The largest absolute Gasteiger partial charge is 0.341 e. The summed E-state index contributed by atoms with van der Waals surface area (Å²) in [5.41, 5.74) is 1.01. The second kappa shape index (κ2) is 5.22. The summed E-state index contributed by atoms with van der Waals surface area (Å²) in [7, 11) is 0. The molecule has 0 spiro atoms. The first-order chi connectivity index (χ1) is 11.2. The number of hydrogen-bond acceptors (Lipinski definition) is 3. The molecule has 1 aliphatic carbocycles. The van der Waals surface area contributed by atoms with E-state index in [0.29, 0.717) is 18.8 Å². The molecule has 1 aromatic carbocycles. The summed E-state index contributed by atoms with van der Waals surface area (Å²) in [6, 6.07) is 9.87. The number of aromatic amines is 1. The molecule has 1 saturated heterocycles. The van der Waals surface area contributed by atoms with Crippen molar-refractivity contribution in [3.8, 4) is 0 Å². The van der Waals surface area contributed by atoms with Gasteiger partial charge in [0.25, 0.3) is 11.8 Å². The third-order valence-corrected chi connectivity index (χ3v) is 4.71. The number of aromatic nitrogens is 2. The summed E-state index contributed by atoms with van der Waals surface area (Å²) >= 11 is 0.